The normalized spacial score (nSPS) is 24.1. The SMILES string of the molecule is CCc1ncc(C(=O)NC2CC3CCC(C2)N3Cc2ccccc2)c(OC)n1. The van der Waals surface area contributed by atoms with E-state index in [-0.39, 0.29) is 11.9 Å². The molecular weight excluding hydrogens is 352 g/mol. The Labute approximate surface area is 166 Å². The van der Waals surface area contributed by atoms with Crippen molar-refractivity contribution in [2.24, 2.45) is 0 Å². The molecule has 0 spiro atoms. The van der Waals surface area contributed by atoms with Crippen LogP contribution in [0.4, 0.5) is 0 Å². The number of piperidine rings is 1. The molecule has 4 rings (SSSR count). The molecule has 0 saturated carbocycles. The van der Waals surface area contributed by atoms with E-state index in [9.17, 15) is 4.79 Å². The van der Waals surface area contributed by atoms with Crippen LogP contribution in [0, 0.1) is 0 Å². The van der Waals surface area contributed by atoms with Crippen LogP contribution in [0.15, 0.2) is 36.5 Å². The molecule has 1 amide bonds. The fraction of sp³-hybridized carbons (Fsp3) is 0.500. The molecule has 2 aliphatic heterocycles. The Balaban J connectivity index is 1.40. The number of aryl methyl sites for hydroxylation is 1. The van der Waals surface area contributed by atoms with Gasteiger partial charge < -0.3 is 10.1 Å². The number of nitrogens with one attached hydrogen (secondary N) is 1. The number of ether oxygens (including phenoxy) is 1. The van der Waals surface area contributed by atoms with Crippen molar-refractivity contribution in [3.8, 4) is 5.88 Å². The first-order valence-corrected chi connectivity index (χ1v) is 10.2. The molecule has 28 heavy (non-hydrogen) atoms. The van der Waals surface area contributed by atoms with Crippen LogP contribution < -0.4 is 10.1 Å². The van der Waals surface area contributed by atoms with Crippen molar-refractivity contribution >= 4 is 5.91 Å². The van der Waals surface area contributed by atoms with Gasteiger partial charge in [0.15, 0.2) is 0 Å². The Morgan fingerprint density at radius 3 is 2.57 bits per heavy atom. The zero-order valence-electron chi connectivity index (χ0n) is 16.6. The van der Waals surface area contributed by atoms with Crippen LogP contribution in [0.5, 0.6) is 5.88 Å². The Morgan fingerprint density at radius 1 is 1.21 bits per heavy atom. The summed E-state index contributed by atoms with van der Waals surface area (Å²) in [6.45, 7) is 2.98. The number of methoxy groups -OCH3 is 1. The lowest BCUT2D eigenvalue weighted by Gasteiger charge is -2.39. The Morgan fingerprint density at radius 2 is 1.93 bits per heavy atom. The molecule has 1 aromatic carbocycles. The highest BCUT2D eigenvalue weighted by molar-refractivity contribution is 5.96. The smallest absolute Gasteiger partial charge is 0.258 e. The molecule has 2 unspecified atom stereocenters. The van der Waals surface area contributed by atoms with E-state index in [1.165, 1.54) is 18.4 Å². The van der Waals surface area contributed by atoms with Crippen molar-refractivity contribution in [3.05, 3.63) is 53.5 Å². The van der Waals surface area contributed by atoms with Crippen molar-refractivity contribution in [1.29, 1.82) is 0 Å². The molecule has 3 heterocycles. The molecule has 0 aliphatic carbocycles. The van der Waals surface area contributed by atoms with Gasteiger partial charge in [0.2, 0.25) is 5.88 Å². The first kappa shape index (κ1) is 18.9. The average molecular weight is 380 g/mol. The van der Waals surface area contributed by atoms with Crippen molar-refractivity contribution < 1.29 is 9.53 Å². The number of hydrogen-bond donors (Lipinski definition) is 1. The molecule has 2 bridgehead atoms. The van der Waals surface area contributed by atoms with Crippen LogP contribution in [0.3, 0.4) is 0 Å². The zero-order valence-corrected chi connectivity index (χ0v) is 16.6. The van der Waals surface area contributed by atoms with E-state index in [0.29, 0.717) is 35.8 Å². The number of carbonyl (C=O) groups excluding carboxylic acids is 1. The maximum absolute atomic E-state index is 12.8. The molecule has 2 saturated heterocycles. The van der Waals surface area contributed by atoms with Gasteiger partial charge in [0.25, 0.3) is 5.91 Å². The van der Waals surface area contributed by atoms with E-state index in [0.717, 1.165) is 19.4 Å². The fourth-order valence-electron chi connectivity index (χ4n) is 4.59. The minimum Gasteiger partial charge on any atom is -0.480 e. The van der Waals surface area contributed by atoms with Crippen LogP contribution in [-0.2, 0) is 13.0 Å². The maximum Gasteiger partial charge on any atom is 0.258 e. The van der Waals surface area contributed by atoms with E-state index in [2.05, 4.69) is 50.5 Å². The van der Waals surface area contributed by atoms with Gasteiger partial charge in [-0.2, -0.15) is 4.98 Å². The lowest BCUT2D eigenvalue weighted by atomic mass is 9.96. The summed E-state index contributed by atoms with van der Waals surface area (Å²) in [4.78, 5) is 24.0. The van der Waals surface area contributed by atoms with Crippen LogP contribution in [-0.4, -0.2) is 46.0 Å². The molecule has 0 radical (unpaired) electrons. The van der Waals surface area contributed by atoms with Crippen LogP contribution >= 0.6 is 0 Å². The van der Waals surface area contributed by atoms with Gasteiger partial charge in [-0.15, -0.1) is 0 Å². The predicted molar refractivity (Wildman–Crippen MR) is 107 cm³/mol. The van der Waals surface area contributed by atoms with Gasteiger partial charge in [0.1, 0.15) is 11.4 Å². The highest BCUT2D eigenvalue weighted by Crippen LogP contribution is 2.37. The average Bonchev–Trinajstić information content (AvgIpc) is 2.96. The molecule has 2 aliphatic rings. The Hall–Kier alpha value is -2.47. The highest BCUT2D eigenvalue weighted by Gasteiger charge is 2.41. The van der Waals surface area contributed by atoms with Gasteiger partial charge in [0.05, 0.1) is 7.11 Å². The summed E-state index contributed by atoms with van der Waals surface area (Å²) >= 11 is 0. The summed E-state index contributed by atoms with van der Waals surface area (Å²) in [7, 11) is 1.54. The summed E-state index contributed by atoms with van der Waals surface area (Å²) in [5.74, 6) is 0.898. The molecule has 6 nitrogen and oxygen atoms in total. The largest absolute Gasteiger partial charge is 0.480 e. The molecule has 1 aromatic heterocycles. The number of amides is 1. The van der Waals surface area contributed by atoms with Gasteiger partial charge in [-0.25, -0.2) is 4.98 Å². The van der Waals surface area contributed by atoms with Gasteiger partial charge in [-0.05, 0) is 31.2 Å². The molecule has 2 atom stereocenters. The highest BCUT2D eigenvalue weighted by atomic mass is 16.5. The molecular formula is C22H28N4O2. The lowest BCUT2D eigenvalue weighted by molar-refractivity contribution is 0.0824. The third-order valence-electron chi connectivity index (χ3n) is 5.99. The Kier molecular flexibility index (Phi) is 5.57. The summed E-state index contributed by atoms with van der Waals surface area (Å²) in [5.41, 5.74) is 1.78. The Bertz CT molecular complexity index is 813. The van der Waals surface area contributed by atoms with Crippen molar-refractivity contribution in [2.75, 3.05) is 7.11 Å². The topological polar surface area (TPSA) is 67.4 Å². The molecule has 148 valence electrons. The third kappa shape index (κ3) is 3.87. The summed E-state index contributed by atoms with van der Waals surface area (Å²) in [5, 5.41) is 3.21. The van der Waals surface area contributed by atoms with Crippen LogP contribution in [0.2, 0.25) is 0 Å². The van der Waals surface area contributed by atoms with E-state index >= 15 is 0 Å². The summed E-state index contributed by atoms with van der Waals surface area (Å²) in [6.07, 6.45) is 6.69. The monoisotopic (exact) mass is 380 g/mol. The van der Waals surface area contributed by atoms with Gasteiger partial charge >= 0.3 is 0 Å². The van der Waals surface area contributed by atoms with E-state index in [1.807, 2.05) is 6.92 Å². The zero-order chi connectivity index (χ0) is 19.5. The summed E-state index contributed by atoms with van der Waals surface area (Å²) in [6, 6.07) is 11.9. The second-order valence-electron chi connectivity index (χ2n) is 7.75. The van der Waals surface area contributed by atoms with Crippen LogP contribution in [0.1, 0.15) is 54.4 Å². The number of carbonyl (C=O) groups is 1. The van der Waals surface area contributed by atoms with Crippen molar-refractivity contribution in [3.63, 3.8) is 0 Å². The first-order chi connectivity index (χ1) is 13.7. The molecule has 2 aromatic rings. The number of benzene rings is 1. The minimum absolute atomic E-state index is 0.139. The molecule has 1 N–H and O–H groups in total. The first-order valence-electron chi connectivity index (χ1n) is 10.2. The number of hydrogen-bond acceptors (Lipinski definition) is 5. The summed E-state index contributed by atoms with van der Waals surface area (Å²) < 4.78 is 5.32. The number of nitrogens with zero attached hydrogens (tertiary/aromatic N) is 3. The second kappa shape index (κ2) is 8.27. The van der Waals surface area contributed by atoms with E-state index < -0.39 is 0 Å². The van der Waals surface area contributed by atoms with Gasteiger partial charge in [-0.3, -0.25) is 9.69 Å². The number of fused-ring (bicyclic) bond motifs is 2. The number of rotatable bonds is 6. The maximum atomic E-state index is 12.8. The second-order valence-corrected chi connectivity index (χ2v) is 7.75. The van der Waals surface area contributed by atoms with Crippen LogP contribution in [0.25, 0.3) is 0 Å². The van der Waals surface area contributed by atoms with Crippen molar-refractivity contribution in [1.82, 2.24) is 20.2 Å². The lowest BCUT2D eigenvalue weighted by Crippen LogP contribution is -2.50. The standard InChI is InChI=1S/C22H28N4O2/c1-3-20-23-13-19(22(25-20)28-2)21(27)24-16-11-17-9-10-18(12-16)26(17)14-15-7-5-4-6-8-15/h4-8,13,16-18H,3,9-12,14H2,1-2H3,(H,24,27). The third-order valence-corrected chi connectivity index (χ3v) is 5.99. The van der Waals surface area contributed by atoms with E-state index in [1.54, 1.807) is 13.3 Å². The van der Waals surface area contributed by atoms with Gasteiger partial charge in [0, 0.05) is 37.3 Å². The fourth-order valence-corrected chi connectivity index (χ4v) is 4.59. The molecule has 2 fully saturated rings. The predicted octanol–water partition coefficient (Wildman–Crippen LogP) is 2.97. The van der Waals surface area contributed by atoms with Crippen molar-refractivity contribution in [2.45, 2.75) is 63.7 Å². The van der Waals surface area contributed by atoms with Gasteiger partial charge in [-0.1, -0.05) is 37.3 Å². The number of aromatic nitrogens is 2. The minimum atomic E-state index is -0.139. The van der Waals surface area contributed by atoms with E-state index in [4.69, 9.17) is 4.74 Å². The molecule has 6 heteroatoms. The quantitative estimate of drug-likeness (QED) is 0.835.